The Hall–Kier alpha value is -2.64. The Labute approximate surface area is 126 Å². The Balaban J connectivity index is 2.53. The second-order valence-corrected chi connectivity index (χ2v) is 5.21. The van der Waals surface area contributed by atoms with Gasteiger partial charge in [-0.2, -0.15) is 0 Å². The number of hydrogen-bond acceptors (Lipinski definition) is 4. The highest BCUT2D eigenvalue weighted by molar-refractivity contribution is 5.96. The molecule has 0 radical (unpaired) electrons. The van der Waals surface area contributed by atoms with Gasteiger partial charge in [0.05, 0.1) is 6.54 Å². The molecule has 0 unspecified atom stereocenters. The molecule has 0 aliphatic heterocycles. The summed E-state index contributed by atoms with van der Waals surface area (Å²) in [5.41, 5.74) is -0.312. The normalized spacial score (nSPS) is 11.8. The van der Waals surface area contributed by atoms with Crippen LogP contribution in [0.15, 0.2) is 23.1 Å². The number of carboxylic acid groups (broad SMARTS) is 1. The maximum absolute atomic E-state index is 11.7. The van der Waals surface area contributed by atoms with Crippen molar-refractivity contribution in [2.45, 2.75) is 26.3 Å². The molecule has 1 aromatic rings. The maximum Gasteiger partial charge on any atom is 0.326 e. The van der Waals surface area contributed by atoms with Crippen molar-refractivity contribution < 1.29 is 19.5 Å². The molecule has 1 heterocycles. The van der Waals surface area contributed by atoms with E-state index in [1.165, 1.54) is 12.3 Å². The standard InChI is InChI=1S/C14H19N3O5/c1-8(2)5-10(14(21)22)17-12(19)7-16-13(20)9-3-4-15-11(18)6-9/h3-4,6,8,10H,5,7H2,1-2H3,(H,15,18)(H,16,20)(H,17,19)(H,21,22)/t10-/m0/s1. The van der Waals surface area contributed by atoms with Crippen LogP contribution < -0.4 is 16.2 Å². The minimum atomic E-state index is -1.12. The SMILES string of the molecule is CC(C)C[C@H](NC(=O)CNC(=O)c1cc[nH]c(=O)c1)C(=O)O. The number of rotatable bonds is 7. The summed E-state index contributed by atoms with van der Waals surface area (Å²) in [5, 5.41) is 13.7. The van der Waals surface area contributed by atoms with Gasteiger partial charge in [0.25, 0.3) is 5.91 Å². The van der Waals surface area contributed by atoms with Crippen molar-refractivity contribution in [3.63, 3.8) is 0 Å². The molecule has 0 bridgehead atoms. The van der Waals surface area contributed by atoms with Crippen LogP contribution in [0.3, 0.4) is 0 Å². The Morgan fingerprint density at radius 3 is 2.55 bits per heavy atom. The van der Waals surface area contributed by atoms with Crippen molar-refractivity contribution in [1.29, 1.82) is 0 Å². The lowest BCUT2D eigenvalue weighted by molar-refractivity contribution is -0.142. The number of nitrogens with one attached hydrogen (secondary N) is 3. The number of pyridine rings is 1. The lowest BCUT2D eigenvalue weighted by atomic mass is 10.0. The van der Waals surface area contributed by atoms with E-state index >= 15 is 0 Å². The molecule has 0 fully saturated rings. The number of aliphatic carboxylic acids is 1. The van der Waals surface area contributed by atoms with Crippen LogP contribution in [0.1, 0.15) is 30.6 Å². The van der Waals surface area contributed by atoms with Gasteiger partial charge in [0.2, 0.25) is 11.5 Å². The summed E-state index contributed by atoms with van der Waals surface area (Å²) >= 11 is 0. The fraction of sp³-hybridized carbons (Fsp3) is 0.429. The third-order valence-electron chi connectivity index (χ3n) is 2.79. The highest BCUT2D eigenvalue weighted by Gasteiger charge is 2.21. The lowest BCUT2D eigenvalue weighted by Gasteiger charge is -2.16. The molecule has 0 aliphatic rings. The molecule has 1 aromatic heterocycles. The van der Waals surface area contributed by atoms with E-state index < -0.39 is 29.4 Å². The average Bonchev–Trinajstić information content (AvgIpc) is 2.43. The van der Waals surface area contributed by atoms with E-state index in [0.717, 1.165) is 6.07 Å². The number of carbonyl (C=O) groups excluding carboxylic acids is 2. The molecular weight excluding hydrogens is 290 g/mol. The van der Waals surface area contributed by atoms with E-state index in [0.29, 0.717) is 6.42 Å². The van der Waals surface area contributed by atoms with E-state index in [1.807, 2.05) is 13.8 Å². The summed E-state index contributed by atoms with van der Waals surface area (Å²) in [6, 6.07) is 1.50. The first-order valence-corrected chi connectivity index (χ1v) is 6.78. The van der Waals surface area contributed by atoms with Crippen LogP contribution in [0.25, 0.3) is 0 Å². The third-order valence-corrected chi connectivity index (χ3v) is 2.79. The van der Waals surface area contributed by atoms with Crippen molar-refractivity contribution in [3.8, 4) is 0 Å². The molecule has 8 nitrogen and oxygen atoms in total. The summed E-state index contributed by atoms with van der Waals surface area (Å²) < 4.78 is 0. The van der Waals surface area contributed by atoms with Gasteiger partial charge in [-0.15, -0.1) is 0 Å². The Kier molecular flexibility index (Phi) is 6.30. The van der Waals surface area contributed by atoms with Gasteiger partial charge in [-0.1, -0.05) is 13.8 Å². The highest BCUT2D eigenvalue weighted by Crippen LogP contribution is 2.04. The van der Waals surface area contributed by atoms with Gasteiger partial charge in [0, 0.05) is 17.8 Å². The largest absolute Gasteiger partial charge is 0.480 e. The molecule has 0 aromatic carbocycles. The minimum absolute atomic E-state index is 0.104. The molecule has 22 heavy (non-hydrogen) atoms. The first-order valence-electron chi connectivity index (χ1n) is 6.78. The van der Waals surface area contributed by atoms with Gasteiger partial charge in [0.1, 0.15) is 6.04 Å². The Bertz CT molecular complexity index is 608. The zero-order valence-electron chi connectivity index (χ0n) is 12.4. The van der Waals surface area contributed by atoms with Gasteiger partial charge >= 0.3 is 5.97 Å². The van der Waals surface area contributed by atoms with Crippen molar-refractivity contribution in [1.82, 2.24) is 15.6 Å². The summed E-state index contributed by atoms with van der Waals surface area (Å²) in [4.78, 5) is 47.9. The summed E-state index contributed by atoms with van der Waals surface area (Å²) in [5.74, 6) is -2.21. The number of carboxylic acids is 1. The van der Waals surface area contributed by atoms with Gasteiger partial charge in [0.15, 0.2) is 0 Å². The van der Waals surface area contributed by atoms with Crippen molar-refractivity contribution >= 4 is 17.8 Å². The molecular formula is C14H19N3O5. The van der Waals surface area contributed by atoms with Crippen molar-refractivity contribution in [2.24, 2.45) is 5.92 Å². The lowest BCUT2D eigenvalue weighted by Crippen LogP contribution is -2.46. The second kappa shape index (κ2) is 7.96. The molecule has 120 valence electrons. The summed E-state index contributed by atoms with van der Waals surface area (Å²) in [7, 11) is 0. The van der Waals surface area contributed by atoms with Gasteiger partial charge in [-0.25, -0.2) is 4.79 Å². The van der Waals surface area contributed by atoms with E-state index in [2.05, 4.69) is 15.6 Å². The molecule has 1 atom stereocenters. The second-order valence-electron chi connectivity index (χ2n) is 5.21. The number of aromatic amines is 1. The van der Waals surface area contributed by atoms with Crippen molar-refractivity contribution in [3.05, 3.63) is 34.2 Å². The molecule has 0 saturated carbocycles. The molecule has 0 aliphatic carbocycles. The predicted molar refractivity (Wildman–Crippen MR) is 78.4 cm³/mol. The fourth-order valence-corrected chi connectivity index (χ4v) is 1.79. The number of amides is 2. The summed E-state index contributed by atoms with van der Waals surface area (Å²) in [6.07, 6.45) is 1.61. The number of hydrogen-bond donors (Lipinski definition) is 4. The Morgan fingerprint density at radius 2 is 2.00 bits per heavy atom. The molecule has 0 spiro atoms. The van der Waals surface area contributed by atoms with E-state index in [1.54, 1.807) is 0 Å². The fourth-order valence-electron chi connectivity index (χ4n) is 1.79. The zero-order valence-corrected chi connectivity index (χ0v) is 12.4. The van der Waals surface area contributed by atoms with Crippen LogP contribution >= 0.6 is 0 Å². The van der Waals surface area contributed by atoms with Crippen LogP contribution in [0.2, 0.25) is 0 Å². The van der Waals surface area contributed by atoms with Crippen molar-refractivity contribution in [2.75, 3.05) is 6.54 Å². The summed E-state index contributed by atoms with van der Waals surface area (Å²) in [6.45, 7) is 3.32. The minimum Gasteiger partial charge on any atom is -0.480 e. The molecule has 4 N–H and O–H groups in total. The van der Waals surface area contributed by atoms with Crippen LogP contribution in [-0.4, -0.2) is 40.5 Å². The number of aromatic nitrogens is 1. The van der Waals surface area contributed by atoms with Crippen LogP contribution in [0, 0.1) is 5.92 Å². The van der Waals surface area contributed by atoms with E-state index in [9.17, 15) is 19.2 Å². The van der Waals surface area contributed by atoms with Gasteiger partial charge in [-0.3, -0.25) is 14.4 Å². The van der Waals surface area contributed by atoms with E-state index in [-0.39, 0.29) is 18.0 Å². The maximum atomic E-state index is 11.7. The first-order chi connectivity index (χ1) is 10.3. The number of H-pyrrole nitrogens is 1. The van der Waals surface area contributed by atoms with Crippen LogP contribution in [0.4, 0.5) is 0 Å². The zero-order chi connectivity index (χ0) is 16.7. The molecule has 8 heteroatoms. The molecule has 2 amide bonds. The molecule has 1 rings (SSSR count). The average molecular weight is 309 g/mol. The highest BCUT2D eigenvalue weighted by atomic mass is 16.4. The van der Waals surface area contributed by atoms with Gasteiger partial charge in [-0.05, 0) is 18.4 Å². The smallest absolute Gasteiger partial charge is 0.326 e. The van der Waals surface area contributed by atoms with Gasteiger partial charge < -0.3 is 20.7 Å². The van der Waals surface area contributed by atoms with Crippen LogP contribution in [0.5, 0.6) is 0 Å². The monoisotopic (exact) mass is 309 g/mol. The number of carbonyl (C=O) groups is 3. The van der Waals surface area contributed by atoms with E-state index in [4.69, 9.17) is 5.11 Å². The molecule has 0 saturated heterocycles. The van der Waals surface area contributed by atoms with Crippen LogP contribution in [-0.2, 0) is 9.59 Å². The third kappa shape index (κ3) is 5.78. The first kappa shape index (κ1) is 17.4. The topological polar surface area (TPSA) is 128 Å². The quantitative estimate of drug-likeness (QED) is 0.550. The Morgan fingerprint density at radius 1 is 1.32 bits per heavy atom. The predicted octanol–water partition coefficient (Wildman–Crippen LogP) is -0.280.